The van der Waals surface area contributed by atoms with Crippen molar-refractivity contribution in [3.05, 3.63) is 53.6 Å². The largest absolute Gasteiger partial charge is 0.492 e. The third-order valence-corrected chi connectivity index (χ3v) is 4.97. The van der Waals surface area contributed by atoms with Crippen molar-refractivity contribution in [3.63, 3.8) is 0 Å². The van der Waals surface area contributed by atoms with Crippen LogP contribution in [0.25, 0.3) is 0 Å². The Balaban J connectivity index is 2.06. The Labute approximate surface area is 125 Å². The average Bonchev–Trinajstić information content (AvgIpc) is 2.41. The molecule has 0 aliphatic heterocycles. The summed E-state index contributed by atoms with van der Waals surface area (Å²) in [7, 11) is -3.35. The number of nitrogens with two attached hydrogens (primary N) is 1. The van der Waals surface area contributed by atoms with Gasteiger partial charge in [0, 0.05) is 11.8 Å². The van der Waals surface area contributed by atoms with Crippen LogP contribution in [0.1, 0.15) is 11.1 Å². The molecule has 4 nitrogen and oxygen atoms in total. The van der Waals surface area contributed by atoms with Gasteiger partial charge in [0.05, 0.1) is 10.6 Å². The molecule has 0 aromatic heterocycles. The van der Waals surface area contributed by atoms with E-state index in [1.807, 2.05) is 19.1 Å². The molecule has 0 bridgehead atoms. The second kappa shape index (κ2) is 6.18. The number of rotatable bonds is 5. The van der Waals surface area contributed by atoms with Crippen LogP contribution in [0, 0.1) is 13.8 Å². The van der Waals surface area contributed by atoms with Gasteiger partial charge in [0.2, 0.25) is 0 Å². The summed E-state index contributed by atoms with van der Waals surface area (Å²) in [6.45, 7) is 3.77. The molecule has 2 aromatic rings. The Morgan fingerprint density at radius 1 is 1.10 bits per heavy atom. The van der Waals surface area contributed by atoms with E-state index in [1.165, 1.54) is 0 Å². The molecule has 21 heavy (non-hydrogen) atoms. The van der Waals surface area contributed by atoms with Crippen molar-refractivity contribution in [2.45, 2.75) is 18.7 Å². The first kappa shape index (κ1) is 15.4. The molecule has 2 aromatic carbocycles. The molecule has 0 heterocycles. The Hall–Kier alpha value is -2.01. The van der Waals surface area contributed by atoms with Gasteiger partial charge in [-0.3, -0.25) is 0 Å². The molecule has 2 rings (SSSR count). The summed E-state index contributed by atoms with van der Waals surface area (Å²) in [6.07, 6.45) is 0. The fourth-order valence-corrected chi connectivity index (χ4v) is 3.47. The lowest BCUT2D eigenvalue weighted by molar-refractivity contribution is 0.341. The molecule has 5 heteroatoms. The topological polar surface area (TPSA) is 69.4 Å². The van der Waals surface area contributed by atoms with E-state index in [0.717, 1.165) is 11.1 Å². The van der Waals surface area contributed by atoms with Crippen molar-refractivity contribution in [2.24, 2.45) is 0 Å². The van der Waals surface area contributed by atoms with Crippen LogP contribution in [-0.2, 0) is 9.84 Å². The molecule has 2 N–H and O–H groups in total. The van der Waals surface area contributed by atoms with Crippen LogP contribution in [0.15, 0.2) is 47.4 Å². The fourth-order valence-electron chi connectivity index (χ4n) is 2.03. The molecule has 0 saturated heterocycles. The maximum Gasteiger partial charge on any atom is 0.181 e. The van der Waals surface area contributed by atoms with Gasteiger partial charge < -0.3 is 10.5 Å². The zero-order chi connectivity index (χ0) is 15.5. The van der Waals surface area contributed by atoms with Gasteiger partial charge in [0.15, 0.2) is 9.84 Å². The van der Waals surface area contributed by atoms with Gasteiger partial charge in [0.25, 0.3) is 0 Å². The molecule has 0 aliphatic rings. The van der Waals surface area contributed by atoms with Crippen LogP contribution in [-0.4, -0.2) is 20.8 Å². The van der Waals surface area contributed by atoms with Crippen molar-refractivity contribution in [2.75, 3.05) is 18.1 Å². The number of nitrogen functional groups attached to an aromatic ring is 1. The number of anilines is 1. The van der Waals surface area contributed by atoms with Crippen LogP contribution in [0.5, 0.6) is 5.75 Å². The third kappa shape index (κ3) is 3.98. The third-order valence-electron chi connectivity index (χ3n) is 3.16. The van der Waals surface area contributed by atoms with Crippen molar-refractivity contribution in [1.82, 2.24) is 0 Å². The highest BCUT2D eigenvalue weighted by Gasteiger charge is 2.17. The van der Waals surface area contributed by atoms with Crippen molar-refractivity contribution < 1.29 is 13.2 Å². The number of hydrogen-bond acceptors (Lipinski definition) is 4. The molecule has 0 unspecified atom stereocenters. The highest BCUT2D eigenvalue weighted by molar-refractivity contribution is 7.91. The van der Waals surface area contributed by atoms with Crippen LogP contribution >= 0.6 is 0 Å². The minimum absolute atomic E-state index is 0.0634. The van der Waals surface area contributed by atoms with E-state index >= 15 is 0 Å². The van der Waals surface area contributed by atoms with Gasteiger partial charge in [-0.05, 0) is 43.2 Å². The van der Waals surface area contributed by atoms with Crippen LogP contribution in [0.3, 0.4) is 0 Å². The molecule has 0 saturated carbocycles. The van der Waals surface area contributed by atoms with Gasteiger partial charge in [-0.15, -0.1) is 0 Å². The predicted octanol–water partition coefficient (Wildman–Crippen LogP) is 2.74. The van der Waals surface area contributed by atoms with Crippen molar-refractivity contribution >= 4 is 15.5 Å². The summed E-state index contributed by atoms with van der Waals surface area (Å²) < 4.78 is 30.2. The second-order valence-electron chi connectivity index (χ2n) is 5.01. The van der Waals surface area contributed by atoms with E-state index < -0.39 is 9.84 Å². The highest BCUT2D eigenvalue weighted by atomic mass is 32.2. The van der Waals surface area contributed by atoms with Crippen LogP contribution in [0.4, 0.5) is 5.69 Å². The molecule has 112 valence electrons. The number of sulfone groups is 1. The number of ether oxygens (including phenoxy) is 1. The summed E-state index contributed by atoms with van der Waals surface area (Å²) in [5.74, 6) is 0.512. The standard InChI is InChI=1S/C16H19NO3S/c1-12-6-7-13(2)16(10-12)21(18,19)9-8-20-15-5-3-4-14(17)11-15/h3-7,10-11H,8-9,17H2,1-2H3. The molecule has 0 aliphatic carbocycles. The van der Waals surface area contributed by atoms with Crippen molar-refractivity contribution in [1.29, 1.82) is 0 Å². The Bertz CT molecular complexity index is 739. The van der Waals surface area contributed by atoms with Gasteiger partial charge in [-0.2, -0.15) is 0 Å². The lowest BCUT2D eigenvalue weighted by Gasteiger charge is -2.10. The quantitative estimate of drug-likeness (QED) is 0.862. The van der Waals surface area contributed by atoms with E-state index in [9.17, 15) is 8.42 Å². The van der Waals surface area contributed by atoms with Gasteiger partial charge in [-0.25, -0.2) is 8.42 Å². The predicted molar refractivity (Wildman–Crippen MR) is 84.3 cm³/mol. The zero-order valence-corrected chi connectivity index (χ0v) is 13.0. The summed E-state index contributed by atoms with van der Waals surface area (Å²) in [6, 6.07) is 12.4. The minimum Gasteiger partial charge on any atom is -0.492 e. The van der Waals surface area contributed by atoms with E-state index in [1.54, 1.807) is 37.3 Å². The summed E-state index contributed by atoms with van der Waals surface area (Å²) in [5, 5.41) is 0. The smallest absolute Gasteiger partial charge is 0.181 e. The number of hydrogen-bond donors (Lipinski definition) is 1. The number of benzene rings is 2. The Morgan fingerprint density at radius 2 is 1.86 bits per heavy atom. The van der Waals surface area contributed by atoms with E-state index in [4.69, 9.17) is 10.5 Å². The lowest BCUT2D eigenvalue weighted by Crippen LogP contribution is -2.15. The van der Waals surface area contributed by atoms with Gasteiger partial charge in [0.1, 0.15) is 12.4 Å². The van der Waals surface area contributed by atoms with Crippen LogP contribution < -0.4 is 10.5 Å². The first-order valence-electron chi connectivity index (χ1n) is 6.67. The average molecular weight is 305 g/mol. The summed E-state index contributed by atoms with van der Waals surface area (Å²) in [5.41, 5.74) is 7.91. The molecule has 0 atom stereocenters. The van der Waals surface area contributed by atoms with Gasteiger partial charge in [-0.1, -0.05) is 18.2 Å². The SMILES string of the molecule is Cc1ccc(C)c(S(=O)(=O)CCOc2cccc(N)c2)c1. The summed E-state index contributed by atoms with van der Waals surface area (Å²) >= 11 is 0. The number of aryl methyl sites for hydroxylation is 2. The van der Waals surface area contributed by atoms with E-state index in [-0.39, 0.29) is 12.4 Å². The molecule has 0 amide bonds. The van der Waals surface area contributed by atoms with Crippen LogP contribution in [0.2, 0.25) is 0 Å². The van der Waals surface area contributed by atoms with Crippen molar-refractivity contribution in [3.8, 4) is 5.75 Å². The Kier molecular flexibility index (Phi) is 4.53. The molecule has 0 spiro atoms. The maximum atomic E-state index is 12.4. The maximum absolute atomic E-state index is 12.4. The fraction of sp³-hybridized carbons (Fsp3) is 0.250. The molecule has 0 fully saturated rings. The lowest BCUT2D eigenvalue weighted by atomic mass is 10.2. The van der Waals surface area contributed by atoms with E-state index in [2.05, 4.69) is 0 Å². The normalized spacial score (nSPS) is 11.3. The highest BCUT2D eigenvalue weighted by Crippen LogP contribution is 2.19. The van der Waals surface area contributed by atoms with E-state index in [0.29, 0.717) is 16.3 Å². The zero-order valence-electron chi connectivity index (χ0n) is 12.2. The molecular formula is C16H19NO3S. The molecular weight excluding hydrogens is 286 g/mol. The summed E-state index contributed by atoms with van der Waals surface area (Å²) in [4.78, 5) is 0.374. The monoisotopic (exact) mass is 305 g/mol. The molecule has 0 radical (unpaired) electrons. The first-order valence-corrected chi connectivity index (χ1v) is 8.32. The first-order chi connectivity index (χ1) is 9.88. The second-order valence-corrected chi connectivity index (χ2v) is 7.09. The minimum atomic E-state index is -3.35. The van der Waals surface area contributed by atoms with Gasteiger partial charge >= 0.3 is 0 Å². The Morgan fingerprint density at radius 3 is 2.57 bits per heavy atom.